The normalized spacial score (nSPS) is 19.9. The van der Waals surface area contributed by atoms with Crippen LogP contribution in [0.3, 0.4) is 0 Å². The molecule has 0 bridgehead atoms. The second kappa shape index (κ2) is 5.17. The van der Waals surface area contributed by atoms with E-state index in [4.69, 9.17) is 5.11 Å². The van der Waals surface area contributed by atoms with Gasteiger partial charge in [0.25, 0.3) is 10.0 Å². The SMILES string of the molecule is O=C(O)c1ncsc1S(=O)(=O)NC1CC=CCC1. The number of nitrogens with one attached hydrogen (secondary N) is 1. The van der Waals surface area contributed by atoms with Gasteiger partial charge in [-0.3, -0.25) is 0 Å². The van der Waals surface area contributed by atoms with Crippen LogP contribution >= 0.6 is 11.3 Å². The predicted octanol–water partition coefficient (Wildman–Crippen LogP) is 1.23. The minimum absolute atomic E-state index is 0.177. The summed E-state index contributed by atoms with van der Waals surface area (Å²) in [5, 5.41) is 8.86. The molecule has 1 aliphatic carbocycles. The Labute approximate surface area is 108 Å². The average Bonchev–Trinajstić information content (AvgIpc) is 2.79. The van der Waals surface area contributed by atoms with Crippen LogP contribution in [0.25, 0.3) is 0 Å². The molecule has 18 heavy (non-hydrogen) atoms. The fraction of sp³-hybridized carbons (Fsp3) is 0.400. The van der Waals surface area contributed by atoms with Crippen LogP contribution in [-0.2, 0) is 10.0 Å². The third-order valence-corrected chi connectivity index (χ3v) is 5.46. The number of carboxylic acid groups (broad SMARTS) is 1. The highest BCUT2D eigenvalue weighted by atomic mass is 32.2. The molecule has 1 atom stereocenters. The molecule has 0 spiro atoms. The standard InChI is InChI=1S/C10H12N2O4S2/c13-9(14)8-10(17-6-11-8)18(15,16)12-7-4-2-1-3-5-7/h1-2,6-7,12H,3-5H2,(H,13,14). The Morgan fingerprint density at radius 1 is 1.50 bits per heavy atom. The molecule has 0 aromatic carbocycles. The smallest absolute Gasteiger partial charge is 0.356 e. The number of sulfonamides is 1. The van der Waals surface area contributed by atoms with Crippen molar-refractivity contribution >= 4 is 27.3 Å². The zero-order valence-electron chi connectivity index (χ0n) is 9.37. The molecular weight excluding hydrogens is 276 g/mol. The predicted molar refractivity (Wildman–Crippen MR) is 66.2 cm³/mol. The van der Waals surface area contributed by atoms with Crippen molar-refractivity contribution < 1.29 is 18.3 Å². The van der Waals surface area contributed by atoms with Crippen LogP contribution in [0.4, 0.5) is 0 Å². The van der Waals surface area contributed by atoms with Crippen molar-refractivity contribution in [3.05, 3.63) is 23.4 Å². The molecule has 0 saturated heterocycles. The second-order valence-corrected chi connectivity index (χ2v) is 6.66. The number of rotatable bonds is 4. The summed E-state index contributed by atoms with van der Waals surface area (Å²) in [4.78, 5) is 14.4. The number of carboxylic acids is 1. The molecule has 1 heterocycles. The number of aromatic nitrogens is 1. The summed E-state index contributed by atoms with van der Waals surface area (Å²) in [6.45, 7) is 0. The number of allylic oxidation sites excluding steroid dienone is 1. The van der Waals surface area contributed by atoms with Gasteiger partial charge in [-0.1, -0.05) is 12.2 Å². The second-order valence-electron chi connectivity index (χ2n) is 3.90. The van der Waals surface area contributed by atoms with Crippen LogP contribution in [0.5, 0.6) is 0 Å². The van der Waals surface area contributed by atoms with E-state index in [0.717, 1.165) is 24.2 Å². The zero-order valence-corrected chi connectivity index (χ0v) is 11.0. The highest BCUT2D eigenvalue weighted by Crippen LogP contribution is 2.22. The summed E-state index contributed by atoms with van der Waals surface area (Å²) < 4.78 is 26.4. The fourth-order valence-electron chi connectivity index (χ4n) is 1.74. The van der Waals surface area contributed by atoms with E-state index in [0.29, 0.717) is 6.42 Å². The van der Waals surface area contributed by atoms with Crippen LogP contribution in [0.2, 0.25) is 0 Å². The molecule has 2 N–H and O–H groups in total. The monoisotopic (exact) mass is 288 g/mol. The Kier molecular flexibility index (Phi) is 3.79. The number of hydrogen-bond acceptors (Lipinski definition) is 5. The summed E-state index contributed by atoms with van der Waals surface area (Å²) >= 11 is 0.813. The first-order chi connectivity index (χ1) is 8.50. The van der Waals surface area contributed by atoms with Crippen molar-refractivity contribution in [1.82, 2.24) is 9.71 Å². The van der Waals surface area contributed by atoms with Crippen LogP contribution in [0, 0.1) is 0 Å². The third kappa shape index (κ3) is 2.77. The summed E-state index contributed by atoms with van der Waals surface area (Å²) in [7, 11) is -3.80. The lowest BCUT2D eigenvalue weighted by molar-refractivity contribution is 0.0687. The van der Waals surface area contributed by atoms with Crippen molar-refractivity contribution in [2.45, 2.75) is 29.5 Å². The topological polar surface area (TPSA) is 96.4 Å². The van der Waals surface area contributed by atoms with E-state index in [-0.39, 0.29) is 10.3 Å². The van der Waals surface area contributed by atoms with E-state index in [1.54, 1.807) is 0 Å². The molecule has 1 aromatic heterocycles. The van der Waals surface area contributed by atoms with Gasteiger partial charge >= 0.3 is 5.97 Å². The molecule has 0 radical (unpaired) electrons. The van der Waals surface area contributed by atoms with Gasteiger partial charge in [-0.2, -0.15) is 0 Å². The Bertz CT molecular complexity index is 576. The molecule has 0 amide bonds. The van der Waals surface area contributed by atoms with E-state index in [1.807, 2.05) is 12.2 Å². The summed E-state index contributed by atoms with van der Waals surface area (Å²) in [6, 6.07) is -0.177. The molecule has 0 fully saturated rings. The van der Waals surface area contributed by atoms with Crippen molar-refractivity contribution in [3.63, 3.8) is 0 Å². The number of aromatic carboxylic acids is 1. The van der Waals surface area contributed by atoms with E-state index in [2.05, 4.69) is 9.71 Å². The first kappa shape index (κ1) is 13.2. The lowest BCUT2D eigenvalue weighted by Gasteiger charge is -2.18. The molecule has 0 saturated carbocycles. The minimum atomic E-state index is -3.80. The van der Waals surface area contributed by atoms with E-state index in [9.17, 15) is 13.2 Å². The van der Waals surface area contributed by atoms with Crippen LogP contribution in [0.1, 0.15) is 29.8 Å². The van der Waals surface area contributed by atoms with Crippen molar-refractivity contribution in [2.75, 3.05) is 0 Å². The Balaban J connectivity index is 2.22. The Morgan fingerprint density at radius 3 is 2.89 bits per heavy atom. The van der Waals surface area contributed by atoms with Gasteiger partial charge in [-0.05, 0) is 19.3 Å². The van der Waals surface area contributed by atoms with Gasteiger partial charge in [0.2, 0.25) is 0 Å². The summed E-state index contributed by atoms with van der Waals surface area (Å²) in [6.07, 6.45) is 6.08. The number of thiazole rings is 1. The number of hydrogen-bond donors (Lipinski definition) is 2. The maximum atomic E-state index is 12.1. The summed E-state index contributed by atoms with van der Waals surface area (Å²) in [5.41, 5.74) is 0.803. The minimum Gasteiger partial charge on any atom is -0.476 e. The highest BCUT2D eigenvalue weighted by molar-refractivity contribution is 7.91. The van der Waals surface area contributed by atoms with Crippen molar-refractivity contribution in [2.24, 2.45) is 0 Å². The first-order valence-electron chi connectivity index (χ1n) is 5.35. The quantitative estimate of drug-likeness (QED) is 0.812. The fourth-order valence-corrected chi connectivity index (χ4v) is 4.18. The lowest BCUT2D eigenvalue weighted by Crippen LogP contribution is -2.35. The van der Waals surface area contributed by atoms with Gasteiger partial charge in [0.15, 0.2) is 9.90 Å². The molecular formula is C10H12N2O4S2. The molecule has 1 aromatic rings. The van der Waals surface area contributed by atoms with Gasteiger partial charge in [0.1, 0.15) is 0 Å². The maximum Gasteiger partial charge on any atom is 0.356 e. The highest BCUT2D eigenvalue weighted by Gasteiger charge is 2.28. The Morgan fingerprint density at radius 2 is 2.28 bits per heavy atom. The van der Waals surface area contributed by atoms with Crippen LogP contribution in [0.15, 0.2) is 21.9 Å². The molecule has 1 aliphatic rings. The zero-order chi connectivity index (χ0) is 13.2. The lowest BCUT2D eigenvalue weighted by atomic mass is 10.0. The van der Waals surface area contributed by atoms with Gasteiger partial charge in [-0.15, -0.1) is 11.3 Å². The van der Waals surface area contributed by atoms with Crippen LogP contribution in [-0.4, -0.2) is 30.5 Å². The van der Waals surface area contributed by atoms with Gasteiger partial charge < -0.3 is 5.11 Å². The average molecular weight is 288 g/mol. The molecule has 1 unspecified atom stereocenters. The molecule has 2 rings (SSSR count). The van der Waals surface area contributed by atoms with E-state index >= 15 is 0 Å². The number of nitrogens with zero attached hydrogens (tertiary/aromatic N) is 1. The van der Waals surface area contributed by atoms with Crippen LogP contribution < -0.4 is 4.72 Å². The summed E-state index contributed by atoms with van der Waals surface area (Å²) in [5.74, 6) is -1.33. The Hall–Kier alpha value is -1.25. The van der Waals surface area contributed by atoms with Crippen molar-refractivity contribution in [3.8, 4) is 0 Å². The first-order valence-corrected chi connectivity index (χ1v) is 7.71. The largest absolute Gasteiger partial charge is 0.476 e. The van der Waals surface area contributed by atoms with Gasteiger partial charge in [0, 0.05) is 6.04 Å². The van der Waals surface area contributed by atoms with Crippen molar-refractivity contribution in [1.29, 1.82) is 0 Å². The number of carbonyl (C=O) groups is 1. The molecule has 98 valence electrons. The molecule has 6 nitrogen and oxygen atoms in total. The molecule has 0 aliphatic heterocycles. The van der Waals surface area contributed by atoms with Gasteiger partial charge in [-0.25, -0.2) is 22.9 Å². The molecule has 8 heteroatoms. The maximum absolute atomic E-state index is 12.1. The van der Waals surface area contributed by atoms with E-state index < -0.39 is 21.7 Å². The van der Waals surface area contributed by atoms with Gasteiger partial charge in [0.05, 0.1) is 5.51 Å². The third-order valence-electron chi connectivity index (χ3n) is 2.57. The van der Waals surface area contributed by atoms with E-state index in [1.165, 1.54) is 5.51 Å².